The molecule has 0 atom stereocenters. The fraction of sp³-hybridized carbons (Fsp3) is 0.353. The number of nitrogens with one attached hydrogen (secondary N) is 1. The van der Waals surface area contributed by atoms with E-state index in [1.165, 1.54) is 18.3 Å². The van der Waals surface area contributed by atoms with Gasteiger partial charge in [-0.05, 0) is 36.5 Å². The molecule has 0 bridgehead atoms. The van der Waals surface area contributed by atoms with Gasteiger partial charge in [0.2, 0.25) is 9.84 Å². The number of aromatic amines is 1. The van der Waals surface area contributed by atoms with Gasteiger partial charge in [0.25, 0.3) is 5.56 Å². The molecule has 1 saturated carbocycles. The topological polar surface area (TPSA) is 76.2 Å². The summed E-state index contributed by atoms with van der Waals surface area (Å²) in [6.45, 7) is -0.464. The van der Waals surface area contributed by atoms with Crippen LogP contribution in [0.1, 0.15) is 18.4 Å². The normalized spacial score (nSPS) is 14.7. The molecule has 0 amide bonds. The predicted molar refractivity (Wildman–Crippen MR) is 88.0 cm³/mol. The molecule has 1 aromatic heterocycles. The molecule has 5 nitrogen and oxygen atoms in total. The Morgan fingerprint density at radius 1 is 1.25 bits per heavy atom. The predicted octanol–water partition coefficient (Wildman–Crippen LogP) is 2.67. The van der Waals surface area contributed by atoms with E-state index in [4.69, 9.17) is 4.74 Å². The van der Waals surface area contributed by atoms with E-state index in [1.54, 1.807) is 18.2 Å². The molecule has 1 aromatic carbocycles. The molecule has 1 fully saturated rings. The second-order valence-electron chi connectivity index (χ2n) is 5.92. The molecule has 128 valence electrons. The third-order valence-corrected chi connectivity index (χ3v) is 5.45. The smallest absolute Gasteiger partial charge is 0.253 e. The van der Waals surface area contributed by atoms with Crippen molar-refractivity contribution in [3.8, 4) is 11.1 Å². The van der Waals surface area contributed by atoms with Crippen LogP contribution >= 0.6 is 0 Å². The summed E-state index contributed by atoms with van der Waals surface area (Å²) in [5.74, 6) is 0.0848. The number of hydrogen-bond acceptors (Lipinski definition) is 4. The maximum absolute atomic E-state index is 12.9. The molecule has 0 aliphatic heterocycles. The fourth-order valence-corrected chi connectivity index (χ4v) is 3.68. The minimum Gasteiger partial charge on any atom is -0.365 e. The van der Waals surface area contributed by atoms with E-state index in [0.29, 0.717) is 23.7 Å². The molecule has 0 saturated heterocycles. The quantitative estimate of drug-likeness (QED) is 0.832. The monoisotopic (exact) mass is 351 g/mol. The molecule has 1 aliphatic carbocycles. The molecule has 0 unspecified atom stereocenters. The van der Waals surface area contributed by atoms with Gasteiger partial charge in [-0.2, -0.15) is 0 Å². The molecule has 24 heavy (non-hydrogen) atoms. The van der Waals surface area contributed by atoms with Crippen LogP contribution in [-0.2, 0) is 21.2 Å². The van der Waals surface area contributed by atoms with E-state index in [-0.39, 0.29) is 16.4 Å². The van der Waals surface area contributed by atoms with Gasteiger partial charge in [-0.1, -0.05) is 18.2 Å². The summed E-state index contributed by atoms with van der Waals surface area (Å²) in [5.41, 5.74) is 0.307. The van der Waals surface area contributed by atoms with Crippen LogP contribution in [0.15, 0.2) is 46.2 Å². The lowest BCUT2D eigenvalue weighted by Crippen LogP contribution is -2.14. The number of pyridine rings is 1. The van der Waals surface area contributed by atoms with Gasteiger partial charge in [-0.25, -0.2) is 12.8 Å². The van der Waals surface area contributed by atoms with Crippen LogP contribution in [0.3, 0.4) is 0 Å². The van der Waals surface area contributed by atoms with Crippen molar-refractivity contribution < 1.29 is 17.5 Å². The maximum atomic E-state index is 12.9. The lowest BCUT2D eigenvalue weighted by molar-refractivity contribution is 0.165. The molecular formula is C17H18FNO4S. The van der Waals surface area contributed by atoms with E-state index in [9.17, 15) is 17.6 Å². The van der Waals surface area contributed by atoms with Crippen molar-refractivity contribution in [2.75, 3.05) is 12.5 Å². The van der Waals surface area contributed by atoms with Gasteiger partial charge >= 0.3 is 0 Å². The standard InChI is InChI=1S/C17H18FNO4S/c18-8-13-7-14(9-19-17(13)20)15-3-1-2-4-16(15)24(21,22)11-23-10-12-5-6-12/h1-4,7,9,12H,5-6,8,10-11H2,(H,19,20). The Morgan fingerprint density at radius 2 is 2.00 bits per heavy atom. The summed E-state index contributed by atoms with van der Waals surface area (Å²) >= 11 is 0. The second-order valence-corrected chi connectivity index (χ2v) is 7.82. The first-order chi connectivity index (χ1) is 11.5. The van der Waals surface area contributed by atoms with E-state index >= 15 is 0 Å². The molecular weight excluding hydrogens is 333 g/mol. The number of alkyl halides is 1. The minimum absolute atomic E-state index is 0.0373. The minimum atomic E-state index is -3.64. The van der Waals surface area contributed by atoms with E-state index in [1.807, 2.05) is 0 Å². The van der Waals surface area contributed by atoms with Crippen LogP contribution in [0.25, 0.3) is 11.1 Å². The van der Waals surface area contributed by atoms with E-state index < -0.39 is 22.1 Å². The molecule has 3 rings (SSSR count). The molecule has 7 heteroatoms. The highest BCUT2D eigenvalue weighted by atomic mass is 32.2. The van der Waals surface area contributed by atoms with Crippen molar-refractivity contribution >= 4 is 9.84 Å². The number of aromatic nitrogens is 1. The third-order valence-electron chi connectivity index (χ3n) is 3.95. The Bertz CT molecular complexity index is 887. The van der Waals surface area contributed by atoms with Crippen molar-refractivity contribution in [1.82, 2.24) is 4.98 Å². The molecule has 0 spiro atoms. The Labute approximate surface area is 139 Å². The Balaban J connectivity index is 1.93. The number of rotatable bonds is 7. The maximum Gasteiger partial charge on any atom is 0.253 e. The Hall–Kier alpha value is -1.99. The van der Waals surface area contributed by atoms with Crippen molar-refractivity contribution in [2.45, 2.75) is 24.4 Å². The van der Waals surface area contributed by atoms with Crippen molar-refractivity contribution in [1.29, 1.82) is 0 Å². The second kappa shape index (κ2) is 6.86. The van der Waals surface area contributed by atoms with Crippen molar-refractivity contribution in [2.24, 2.45) is 5.92 Å². The summed E-state index contributed by atoms with van der Waals surface area (Å²) in [4.78, 5) is 14.0. The van der Waals surface area contributed by atoms with Gasteiger partial charge in [0.1, 0.15) is 6.67 Å². The number of ether oxygens (including phenoxy) is 1. The lowest BCUT2D eigenvalue weighted by atomic mass is 10.1. The number of H-pyrrole nitrogens is 1. The highest BCUT2D eigenvalue weighted by Gasteiger charge is 2.24. The van der Waals surface area contributed by atoms with Crippen molar-refractivity contribution in [3.05, 3.63) is 52.4 Å². The molecule has 1 heterocycles. The first kappa shape index (κ1) is 16.9. The van der Waals surface area contributed by atoms with E-state index in [2.05, 4.69) is 4.98 Å². The first-order valence-corrected chi connectivity index (χ1v) is 9.34. The molecule has 0 radical (unpaired) electrons. The van der Waals surface area contributed by atoms with Gasteiger partial charge in [-0.3, -0.25) is 4.79 Å². The fourth-order valence-electron chi connectivity index (χ4n) is 2.43. The number of halogens is 1. The van der Waals surface area contributed by atoms with E-state index in [0.717, 1.165) is 12.8 Å². The third kappa shape index (κ3) is 3.73. The summed E-state index contributed by atoms with van der Waals surface area (Å²) in [6.07, 6.45) is 3.56. The highest BCUT2D eigenvalue weighted by molar-refractivity contribution is 7.91. The zero-order valence-electron chi connectivity index (χ0n) is 13.0. The summed E-state index contributed by atoms with van der Waals surface area (Å²) in [6, 6.07) is 7.81. The Morgan fingerprint density at radius 3 is 2.71 bits per heavy atom. The van der Waals surface area contributed by atoms with Gasteiger partial charge in [0.15, 0.2) is 5.94 Å². The number of benzene rings is 1. The average Bonchev–Trinajstić information content (AvgIpc) is 3.39. The van der Waals surface area contributed by atoms with Crippen LogP contribution < -0.4 is 5.56 Å². The molecule has 2 aromatic rings. The molecule has 1 aliphatic rings. The van der Waals surface area contributed by atoms with Crippen molar-refractivity contribution in [3.63, 3.8) is 0 Å². The van der Waals surface area contributed by atoms with Crippen LogP contribution in [0.2, 0.25) is 0 Å². The van der Waals surface area contributed by atoms with Crippen LogP contribution in [0, 0.1) is 5.92 Å². The van der Waals surface area contributed by atoms with Gasteiger partial charge in [0, 0.05) is 17.3 Å². The largest absolute Gasteiger partial charge is 0.365 e. The van der Waals surface area contributed by atoms with Crippen LogP contribution in [0.4, 0.5) is 4.39 Å². The molecule has 1 N–H and O–H groups in total. The Kier molecular flexibility index (Phi) is 4.82. The van der Waals surface area contributed by atoms with Crippen LogP contribution in [0.5, 0.6) is 0 Å². The SMILES string of the molecule is O=c1[nH]cc(-c2ccccc2S(=O)(=O)COCC2CC2)cc1CF. The summed E-state index contributed by atoms with van der Waals surface area (Å²) < 4.78 is 43.4. The first-order valence-electron chi connectivity index (χ1n) is 7.69. The summed E-state index contributed by atoms with van der Waals surface area (Å²) in [7, 11) is -3.64. The van der Waals surface area contributed by atoms with Crippen LogP contribution in [-0.4, -0.2) is 25.9 Å². The van der Waals surface area contributed by atoms with Gasteiger partial charge < -0.3 is 9.72 Å². The number of hydrogen-bond donors (Lipinski definition) is 1. The number of sulfone groups is 1. The average molecular weight is 351 g/mol. The lowest BCUT2D eigenvalue weighted by Gasteiger charge is -2.11. The summed E-state index contributed by atoms with van der Waals surface area (Å²) in [5, 5.41) is 0. The zero-order chi connectivity index (χ0) is 17.2. The zero-order valence-corrected chi connectivity index (χ0v) is 13.8. The van der Waals surface area contributed by atoms with Gasteiger partial charge in [-0.15, -0.1) is 0 Å². The highest BCUT2D eigenvalue weighted by Crippen LogP contribution is 2.30. The van der Waals surface area contributed by atoms with Gasteiger partial charge in [0.05, 0.1) is 11.5 Å².